The number of benzene rings is 2. The summed E-state index contributed by atoms with van der Waals surface area (Å²) in [6, 6.07) is 16.5. The Hall–Kier alpha value is -2.33. The standard InChI is InChI=1S/C21H28N2O2/c1-15(2)23(17(4)25)13-18-8-10-21(11-9-18)22-16(3)20-7-5-6-19(12-20)14-24/h5-12,15-16,22,24H,13-14H2,1-4H3. The molecular weight excluding hydrogens is 312 g/mol. The van der Waals surface area contributed by atoms with E-state index in [9.17, 15) is 9.90 Å². The number of nitrogens with zero attached hydrogens (tertiary/aromatic N) is 1. The number of carbonyl (C=O) groups excluding carboxylic acids is 1. The van der Waals surface area contributed by atoms with Gasteiger partial charge in [-0.15, -0.1) is 0 Å². The van der Waals surface area contributed by atoms with E-state index in [-0.39, 0.29) is 24.6 Å². The summed E-state index contributed by atoms with van der Waals surface area (Å²) >= 11 is 0. The van der Waals surface area contributed by atoms with Crippen LogP contribution >= 0.6 is 0 Å². The molecule has 1 unspecified atom stereocenters. The maximum atomic E-state index is 11.7. The third-order valence-electron chi connectivity index (χ3n) is 4.35. The predicted octanol–water partition coefficient (Wildman–Crippen LogP) is 4.11. The van der Waals surface area contributed by atoms with Crippen molar-refractivity contribution in [2.24, 2.45) is 0 Å². The summed E-state index contributed by atoms with van der Waals surface area (Å²) in [5.74, 6) is 0.0922. The SMILES string of the molecule is CC(=O)N(Cc1ccc(NC(C)c2cccc(CO)c2)cc1)C(C)C. The van der Waals surface area contributed by atoms with Gasteiger partial charge in [0, 0.05) is 31.2 Å². The van der Waals surface area contributed by atoms with E-state index in [1.165, 1.54) is 0 Å². The van der Waals surface area contributed by atoms with Crippen LogP contribution in [0, 0.1) is 0 Å². The first-order valence-corrected chi connectivity index (χ1v) is 8.73. The van der Waals surface area contributed by atoms with Gasteiger partial charge in [-0.1, -0.05) is 36.4 Å². The normalized spacial score (nSPS) is 12.1. The van der Waals surface area contributed by atoms with E-state index >= 15 is 0 Å². The summed E-state index contributed by atoms with van der Waals surface area (Å²) in [4.78, 5) is 13.6. The van der Waals surface area contributed by atoms with E-state index in [0.717, 1.165) is 22.4 Å². The van der Waals surface area contributed by atoms with Gasteiger partial charge in [-0.25, -0.2) is 0 Å². The lowest BCUT2D eigenvalue weighted by Gasteiger charge is -2.25. The maximum Gasteiger partial charge on any atom is 0.219 e. The molecule has 0 bridgehead atoms. The van der Waals surface area contributed by atoms with Crippen molar-refractivity contribution in [1.82, 2.24) is 4.90 Å². The Morgan fingerprint density at radius 1 is 1.08 bits per heavy atom. The molecule has 0 saturated carbocycles. The van der Waals surface area contributed by atoms with Crippen LogP contribution in [0.1, 0.15) is 50.4 Å². The summed E-state index contributed by atoms with van der Waals surface area (Å²) in [7, 11) is 0. The van der Waals surface area contributed by atoms with E-state index in [2.05, 4.69) is 30.4 Å². The largest absolute Gasteiger partial charge is 0.392 e. The second kappa shape index (κ2) is 8.67. The number of aliphatic hydroxyl groups is 1. The number of anilines is 1. The lowest BCUT2D eigenvalue weighted by molar-refractivity contribution is -0.131. The van der Waals surface area contributed by atoms with E-state index < -0.39 is 0 Å². The molecule has 0 aliphatic heterocycles. The molecule has 0 aliphatic carbocycles. The lowest BCUT2D eigenvalue weighted by atomic mass is 10.0. The Labute approximate surface area is 150 Å². The fourth-order valence-corrected chi connectivity index (χ4v) is 2.85. The van der Waals surface area contributed by atoms with Gasteiger partial charge in [0.05, 0.1) is 6.61 Å². The number of hydrogen-bond acceptors (Lipinski definition) is 3. The highest BCUT2D eigenvalue weighted by Crippen LogP contribution is 2.21. The van der Waals surface area contributed by atoms with Crippen LogP contribution in [0.5, 0.6) is 0 Å². The van der Waals surface area contributed by atoms with Gasteiger partial charge >= 0.3 is 0 Å². The molecule has 0 radical (unpaired) electrons. The maximum absolute atomic E-state index is 11.7. The zero-order chi connectivity index (χ0) is 18.4. The van der Waals surface area contributed by atoms with E-state index in [1.807, 2.05) is 49.1 Å². The number of amides is 1. The second-order valence-corrected chi connectivity index (χ2v) is 6.71. The van der Waals surface area contributed by atoms with Crippen molar-refractivity contribution >= 4 is 11.6 Å². The Bertz CT molecular complexity index is 695. The second-order valence-electron chi connectivity index (χ2n) is 6.71. The molecule has 0 saturated heterocycles. The molecule has 2 N–H and O–H groups in total. The molecule has 2 rings (SSSR count). The van der Waals surface area contributed by atoms with Crippen molar-refractivity contribution in [2.45, 2.75) is 52.9 Å². The van der Waals surface area contributed by atoms with Crippen LogP contribution in [0.4, 0.5) is 5.69 Å². The number of carbonyl (C=O) groups is 1. The predicted molar refractivity (Wildman–Crippen MR) is 102 cm³/mol. The van der Waals surface area contributed by atoms with Gasteiger partial charge in [0.2, 0.25) is 5.91 Å². The highest BCUT2D eigenvalue weighted by Gasteiger charge is 2.13. The van der Waals surface area contributed by atoms with E-state index in [4.69, 9.17) is 0 Å². The Kier molecular flexibility index (Phi) is 6.59. The Balaban J connectivity index is 2.03. The minimum Gasteiger partial charge on any atom is -0.392 e. The van der Waals surface area contributed by atoms with Gasteiger partial charge in [0.1, 0.15) is 0 Å². The lowest BCUT2D eigenvalue weighted by Crippen LogP contribution is -2.34. The minimum atomic E-state index is 0.0533. The van der Waals surface area contributed by atoms with Crippen molar-refractivity contribution in [3.63, 3.8) is 0 Å². The van der Waals surface area contributed by atoms with Gasteiger partial charge in [0.25, 0.3) is 0 Å². The van der Waals surface area contributed by atoms with Crippen LogP contribution in [0.2, 0.25) is 0 Å². The molecule has 2 aromatic rings. The van der Waals surface area contributed by atoms with Gasteiger partial charge in [-0.2, -0.15) is 0 Å². The third-order valence-corrected chi connectivity index (χ3v) is 4.35. The molecule has 2 aromatic carbocycles. The molecule has 0 aromatic heterocycles. The summed E-state index contributed by atoms with van der Waals surface area (Å²) in [5.41, 5.74) is 4.20. The van der Waals surface area contributed by atoms with Gasteiger partial charge in [-0.05, 0) is 49.6 Å². The molecule has 134 valence electrons. The average molecular weight is 340 g/mol. The number of aliphatic hydroxyl groups excluding tert-OH is 1. The first-order chi connectivity index (χ1) is 11.9. The first-order valence-electron chi connectivity index (χ1n) is 8.73. The summed E-state index contributed by atoms with van der Waals surface area (Å²) in [6.45, 7) is 8.44. The highest BCUT2D eigenvalue weighted by atomic mass is 16.3. The molecule has 4 heteroatoms. The average Bonchev–Trinajstić information content (AvgIpc) is 2.60. The topological polar surface area (TPSA) is 52.6 Å². The van der Waals surface area contributed by atoms with Crippen LogP contribution < -0.4 is 5.32 Å². The van der Waals surface area contributed by atoms with Gasteiger partial charge < -0.3 is 15.3 Å². The quantitative estimate of drug-likeness (QED) is 0.797. The van der Waals surface area contributed by atoms with Crippen molar-refractivity contribution in [3.05, 3.63) is 65.2 Å². The van der Waals surface area contributed by atoms with E-state index in [0.29, 0.717) is 6.54 Å². The van der Waals surface area contributed by atoms with Crippen molar-refractivity contribution in [2.75, 3.05) is 5.32 Å². The fraction of sp³-hybridized carbons (Fsp3) is 0.381. The monoisotopic (exact) mass is 340 g/mol. The summed E-state index contributed by atoms with van der Waals surface area (Å²) in [5, 5.41) is 12.7. The van der Waals surface area contributed by atoms with Gasteiger partial charge in [0.15, 0.2) is 0 Å². The minimum absolute atomic E-state index is 0.0533. The van der Waals surface area contributed by atoms with Crippen LogP contribution in [0.3, 0.4) is 0 Å². The van der Waals surface area contributed by atoms with Crippen LogP contribution in [0.25, 0.3) is 0 Å². The highest BCUT2D eigenvalue weighted by molar-refractivity contribution is 5.73. The summed E-state index contributed by atoms with van der Waals surface area (Å²) in [6.07, 6.45) is 0. The molecule has 0 heterocycles. The number of hydrogen-bond donors (Lipinski definition) is 2. The molecule has 0 fully saturated rings. The zero-order valence-electron chi connectivity index (χ0n) is 15.5. The molecule has 0 aliphatic rings. The summed E-state index contributed by atoms with van der Waals surface area (Å²) < 4.78 is 0. The van der Waals surface area contributed by atoms with Crippen LogP contribution in [-0.4, -0.2) is 22.0 Å². The Morgan fingerprint density at radius 2 is 1.76 bits per heavy atom. The molecule has 25 heavy (non-hydrogen) atoms. The van der Waals surface area contributed by atoms with Gasteiger partial charge in [-0.3, -0.25) is 4.79 Å². The number of rotatable bonds is 7. The number of nitrogens with one attached hydrogen (secondary N) is 1. The molecule has 0 spiro atoms. The van der Waals surface area contributed by atoms with Crippen molar-refractivity contribution in [3.8, 4) is 0 Å². The van der Waals surface area contributed by atoms with Crippen molar-refractivity contribution < 1.29 is 9.90 Å². The Morgan fingerprint density at radius 3 is 2.32 bits per heavy atom. The van der Waals surface area contributed by atoms with E-state index in [1.54, 1.807) is 6.92 Å². The molecule has 1 amide bonds. The zero-order valence-corrected chi connectivity index (χ0v) is 15.5. The van der Waals surface area contributed by atoms with Crippen molar-refractivity contribution in [1.29, 1.82) is 0 Å². The fourth-order valence-electron chi connectivity index (χ4n) is 2.85. The van der Waals surface area contributed by atoms with Crippen LogP contribution in [0.15, 0.2) is 48.5 Å². The smallest absolute Gasteiger partial charge is 0.219 e. The molecule has 1 atom stereocenters. The third kappa shape index (κ3) is 5.33. The molecule has 4 nitrogen and oxygen atoms in total. The first kappa shape index (κ1) is 19.0. The van der Waals surface area contributed by atoms with Crippen LogP contribution in [-0.2, 0) is 17.9 Å². The molecular formula is C21H28N2O2.